The smallest absolute Gasteiger partial charge is 0.332 e. The number of rotatable bonds is 2. The molecule has 0 spiro atoms. The third-order valence-corrected chi connectivity index (χ3v) is 4.67. The fourth-order valence-corrected chi connectivity index (χ4v) is 3.71. The van der Waals surface area contributed by atoms with Crippen molar-refractivity contribution in [1.82, 2.24) is 15.3 Å². The van der Waals surface area contributed by atoms with E-state index >= 15 is 0 Å². The van der Waals surface area contributed by atoms with Crippen molar-refractivity contribution >= 4 is 12.0 Å². The Labute approximate surface area is 117 Å². The number of carbonyl (C=O) groups excluding carboxylic acids is 1. The molecule has 3 fully saturated rings. The monoisotopic (exact) mass is 283 g/mol. The molecule has 3 rings (SSSR count). The van der Waals surface area contributed by atoms with Crippen LogP contribution in [0, 0.1) is 11.8 Å². The number of amides is 2. The molecule has 0 aromatic carbocycles. The number of hydrogen-bond donors (Lipinski definition) is 2. The second-order valence-electron chi connectivity index (χ2n) is 5.81. The summed E-state index contributed by atoms with van der Waals surface area (Å²) in [5.41, 5.74) is 2.81. The summed E-state index contributed by atoms with van der Waals surface area (Å²) < 4.78 is 5.23. The number of nitrogens with zero attached hydrogens (tertiary/aromatic N) is 2. The van der Waals surface area contributed by atoms with Crippen LogP contribution in [-0.2, 0) is 9.53 Å². The molecule has 3 atom stereocenters. The highest BCUT2D eigenvalue weighted by Crippen LogP contribution is 2.42. The Hall–Kier alpha value is -1.34. The number of likely N-dealkylation sites (tertiary alicyclic amines) is 1. The van der Waals surface area contributed by atoms with E-state index in [4.69, 9.17) is 4.74 Å². The van der Waals surface area contributed by atoms with E-state index < -0.39 is 12.0 Å². The van der Waals surface area contributed by atoms with Crippen molar-refractivity contribution in [3.05, 3.63) is 0 Å². The van der Waals surface area contributed by atoms with Crippen LogP contribution in [0.15, 0.2) is 0 Å². The molecule has 1 saturated carbocycles. The van der Waals surface area contributed by atoms with Crippen molar-refractivity contribution in [2.24, 2.45) is 11.8 Å². The second kappa shape index (κ2) is 5.57. The maximum absolute atomic E-state index is 12.3. The molecule has 1 aliphatic carbocycles. The van der Waals surface area contributed by atoms with E-state index in [1.54, 1.807) is 5.01 Å². The van der Waals surface area contributed by atoms with Crippen molar-refractivity contribution in [2.45, 2.75) is 25.3 Å². The van der Waals surface area contributed by atoms with Gasteiger partial charge in [-0.3, -0.25) is 5.43 Å². The van der Waals surface area contributed by atoms with Crippen LogP contribution in [0.2, 0.25) is 0 Å². The average molecular weight is 283 g/mol. The standard InChI is InChI=1S/C13H21N3O4/c17-12(18)11-10-3-1-2-9(10)8-16(11)13(19)14-15-4-6-20-7-5-15/h9-11H,1-8H2,(H,14,19)(H,17,18). The molecular formula is C13H21N3O4. The first-order valence-electron chi connectivity index (χ1n) is 7.29. The molecule has 7 nitrogen and oxygen atoms in total. The van der Waals surface area contributed by atoms with Gasteiger partial charge in [0.15, 0.2) is 0 Å². The third kappa shape index (κ3) is 2.47. The van der Waals surface area contributed by atoms with E-state index in [0.717, 1.165) is 19.3 Å². The lowest BCUT2D eigenvalue weighted by Gasteiger charge is -2.31. The molecular weight excluding hydrogens is 262 g/mol. The highest BCUT2D eigenvalue weighted by molar-refractivity contribution is 5.83. The van der Waals surface area contributed by atoms with Crippen LogP contribution in [0.5, 0.6) is 0 Å². The molecule has 2 saturated heterocycles. The number of urea groups is 1. The lowest BCUT2D eigenvalue weighted by Crippen LogP contribution is -2.55. The van der Waals surface area contributed by atoms with Crippen LogP contribution >= 0.6 is 0 Å². The van der Waals surface area contributed by atoms with Crippen LogP contribution in [0.25, 0.3) is 0 Å². The van der Waals surface area contributed by atoms with Crippen molar-refractivity contribution in [1.29, 1.82) is 0 Å². The quantitative estimate of drug-likeness (QED) is 0.752. The van der Waals surface area contributed by atoms with Gasteiger partial charge in [-0.2, -0.15) is 0 Å². The van der Waals surface area contributed by atoms with Crippen molar-refractivity contribution in [3.8, 4) is 0 Å². The van der Waals surface area contributed by atoms with Crippen LogP contribution in [0.4, 0.5) is 4.79 Å². The minimum atomic E-state index is -0.878. The summed E-state index contributed by atoms with van der Waals surface area (Å²) >= 11 is 0. The zero-order valence-corrected chi connectivity index (χ0v) is 11.5. The van der Waals surface area contributed by atoms with E-state index in [2.05, 4.69) is 5.43 Å². The summed E-state index contributed by atoms with van der Waals surface area (Å²) in [6.45, 7) is 3.04. The minimum absolute atomic E-state index is 0.128. The number of carboxylic acids is 1. The number of fused-ring (bicyclic) bond motifs is 1. The minimum Gasteiger partial charge on any atom is -0.480 e. The van der Waals surface area contributed by atoms with Gasteiger partial charge < -0.3 is 14.7 Å². The maximum atomic E-state index is 12.3. The van der Waals surface area contributed by atoms with Gasteiger partial charge in [-0.1, -0.05) is 6.42 Å². The van der Waals surface area contributed by atoms with E-state index in [9.17, 15) is 14.7 Å². The van der Waals surface area contributed by atoms with Gasteiger partial charge in [-0.05, 0) is 24.7 Å². The number of carbonyl (C=O) groups is 2. The van der Waals surface area contributed by atoms with Crippen LogP contribution in [0.3, 0.4) is 0 Å². The SMILES string of the molecule is O=C(O)C1C2CCCC2CN1C(=O)NN1CCOCC1. The lowest BCUT2D eigenvalue weighted by molar-refractivity contribution is -0.142. The molecule has 20 heavy (non-hydrogen) atoms. The van der Waals surface area contributed by atoms with Crippen LogP contribution < -0.4 is 5.43 Å². The summed E-state index contributed by atoms with van der Waals surface area (Å²) in [6.07, 6.45) is 3.04. The van der Waals surface area contributed by atoms with E-state index in [0.29, 0.717) is 38.8 Å². The normalized spacial score (nSPS) is 34.0. The van der Waals surface area contributed by atoms with E-state index in [1.165, 1.54) is 4.90 Å². The zero-order chi connectivity index (χ0) is 14.1. The van der Waals surface area contributed by atoms with Crippen molar-refractivity contribution < 1.29 is 19.4 Å². The van der Waals surface area contributed by atoms with Gasteiger partial charge in [0, 0.05) is 19.6 Å². The largest absolute Gasteiger partial charge is 0.480 e. The number of hydrazine groups is 1. The van der Waals surface area contributed by atoms with Crippen molar-refractivity contribution in [2.75, 3.05) is 32.8 Å². The average Bonchev–Trinajstić information content (AvgIpc) is 2.98. The number of nitrogens with one attached hydrogen (secondary N) is 1. The fourth-order valence-electron chi connectivity index (χ4n) is 3.71. The summed E-state index contributed by atoms with van der Waals surface area (Å²) in [6, 6.07) is -0.947. The Morgan fingerprint density at radius 1 is 1.20 bits per heavy atom. The first kappa shape index (κ1) is 13.6. The molecule has 2 amide bonds. The van der Waals surface area contributed by atoms with Gasteiger partial charge in [-0.15, -0.1) is 0 Å². The number of aliphatic carboxylic acids is 1. The second-order valence-corrected chi connectivity index (χ2v) is 5.81. The number of ether oxygens (including phenoxy) is 1. The predicted octanol–water partition coefficient (Wildman–Crippen LogP) is 0.128. The first-order chi connectivity index (χ1) is 9.66. The predicted molar refractivity (Wildman–Crippen MR) is 69.9 cm³/mol. The topological polar surface area (TPSA) is 82.1 Å². The van der Waals surface area contributed by atoms with Gasteiger partial charge in [0.2, 0.25) is 0 Å². The molecule has 3 unspecified atom stereocenters. The van der Waals surface area contributed by atoms with Gasteiger partial charge >= 0.3 is 12.0 Å². The summed E-state index contributed by atoms with van der Waals surface area (Å²) in [5, 5.41) is 11.2. The van der Waals surface area contributed by atoms with Crippen LogP contribution in [0.1, 0.15) is 19.3 Å². The van der Waals surface area contributed by atoms with Gasteiger partial charge in [0.1, 0.15) is 6.04 Å². The van der Waals surface area contributed by atoms with Crippen LogP contribution in [-0.4, -0.2) is 65.9 Å². The molecule has 7 heteroatoms. The Bertz CT molecular complexity index is 397. The van der Waals surface area contributed by atoms with Gasteiger partial charge in [0.25, 0.3) is 0 Å². The number of hydrogen-bond acceptors (Lipinski definition) is 4. The number of morpholine rings is 1. The highest BCUT2D eigenvalue weighted by atomic mass is 16.5. The zero-order valence-electron chi connectivity index (χ0n) is 11.5. The maximum Gasteiger partial charge on any atom is 0.332 e. The molecule has 3 aliphatic rings. The molecule has 0 radical (unpaired) electrons. The Kier molecular flexibility index (Phi) is 3.80. The fraction of sp³-hybridized carbons (Fsp3) is 0.846. The highest BCUT2D eigenvalue weighted by Gasteiger charge is 2.49. The van der Waals surface area contributed by atoms with Crippen molar-refractivity contribution in [3.63, 3.8) is 0 Å². The van der Waals surface area contributed by atoms with Gasteiger partial charge in [-0.25, -0.2) is 14.6 Å². The molecule has 0 aromatic heterocycles. The molecule has 112 valence electrons. The lowest BCUT2D eigenvalue weighted by atomic mass is 9.94. The first-order valence-corrected chi connectivity index (χ1v) is 7.29. The van der Waals surface area contributed by atoms with E-state index in [1.807, 2.05) is 0 Å². The van der Waals surface area contributed by atoms with Gasteiger partial charge in [0.05, 0.1) is 13.2 Å². The molecule has 0 bridgehead atoms. The molecule has 2 heterocycles. The summed E-state index contributed by atoms with van der Waals surface area (Å²) in [5.74, 6) is -0.397. The third-order valence-electron chi connectivity index (χ3n) is 4.67. The summed E-state index contributed by atoms with van der Waals surface area (Å²) in [4.78, 5) is 25.3. The van der Waals surface area contributed by atoms with E-state index in [-0.39, 0.29) is 11.9 Å². The Balaban J connectivity index is 1.65. The Morgan fingerprint density at radius 2 is 1.95 bits per heavy atom. The molecule has 2 N–H and O–H groups in total. The summed E-state index contributed by atoms with van der Waals surface area (Å²) in [7, 11) is 0. The number of carboxylic acid groups (broad SMARTS) is 1. The Morgan fingerprint density at radius 3 is 2.65 bits per heavy atom. The molecule has 2 aliphatic heterocycles. The molecule has 0 aromatic rings.